The lowest BCUT2D eigenvalue weighted by Crippen LogP contribution is -2.08. The van der Waals surface area contributed by atoms with Gasteiger partial charge in [0, 0.05) is 24.8 Å². The van der Waals surface area contributed by atoms with Crippen molar-refractivity contribution in [2.24, 2.45) is 5.73 Å². The van der Waals surface area contributed by atoms with Crippen LogP contribution in [0.2, 0.25) is 0 Å². The second-order valence-electron chi connectivity index (χ2n) is 3.86. The maximum absolute atomic E-state index is 5.54. The largest absolute Gasteiger partial charge is 0.377 e. The van der Waals surface area contributed by atoms with Crippen molar-refractivity contribution < 1.29 is 4.74 Å². The third kappa shape index (κ3) is 3.43. The molecule has 2 heterocycles. The number of rotatable bonds is 5. The smallest absolute Gasteiger partial charge is 0.187 e. The van der Waals surface area contributed by atoms with Crippen molar-refractivity contribution in [1.82, 2.24) is 9.97 Å². The van der Waals surface area contributed by atoms with Crippen LogP contribution in [0.5, 0.6) is 0 Å². The first-order chi connectivity index (χ1) is 7.88. The van der Waals surface area contributed by atoms with Crippen LogP contribution < -0.4 is 5.73 Å². The van der Waals surface area contributed by atoms with E-state index in [9.17, 15) is 0 Å². The molecule has 5 heteroatoms. The van der Waals surface area contributed by atoms with Crippen LogP contribution in [-0.4, -0.2) is 35.0 Å². The predicted octanol–water partition coefficient (Wildman–Crippen LogP) is 1.25. The van der Waals surface area contributed by atoms with Crippen LogP contribution in [0.4, 0.5) is 0 Å². The standard InChI is InChI=1S/C11H17N3OS/c12-4-3-9-6-13-11(14-7-9)16-8-10-2-1-5-15-10/h6-7,10H,1-5,8,12H2. The molecule has 0 radical (unpaired) electrons. The molecule has 1 aromatic rings. The summed E-state index contributed by atoms with van der Waals surface area (Å²) in [6.07, 6.45) is 7.29. The van der Waals surface area contributed by atoms with Gasteiger partial charge in [0.25, 0.3) is 0 Å². The number of hydrogen-bond acceptors (Lipinski definition) is 5. The first-order valence-corrected chi connectivity index (χ1v) is 6.62. The monoisotopic (exact) mass is 239 g/mol. The molecule has 0 bridgehead atoms. The summed E-state index contributed by atoms with van der Waals surface area (Å²) in [5.74, 6) is 0.955. The molecule has 1 saturated heterocycles. The van der Waals surface area contributed by atoms with Gasteiger partial charge in [-0.25, -0.2) is 9.97 Å². The van der Waals surface area contributed by atoms with Gasteiger partial charge >= 0.3 is 0 Å². The molecule has 1 aliphatic heterocycles. The summed E-state index contributed by atoms with van der Waals surface area (Å²) in [4.78, 5) is 8.60. The maximum Gasteiger partial charge on any atom is 0.187 e. The van der Waals surface area contributed by atoms with Gasteiger partial charge in [-0.15, -0.1) is 0 Å². The van der Waals surface area contributed by atoms with Gasteiger partial charge in [-0.1, -0.05) is 11.8 Å². The first kappa shape index (κ1) is 11.8. The summed E-state index contributed by atoms with van der Waals surface area (Å²) in [6.45, 7) is 1.55. The van der Waals surface area contributed by atoms with Gasteiger partial charge in [-0.05, 0) is 31.4 Å². The maximum atomic E-state index is 5.54. The number of aromatic nitrogens is 2. The Morgan fingerprint density at radius 1 is 1.44 bits per heavy atom. The van der Waals surface area contributed by atoms with Gasteiger partial charge in [-0.3, -0.25) is 0 Å². The highest BCUT2D eigenvalue weighted by atomic mass is 32.2. The SMILES string of the molecule is NCCc1cnc(SCC2CCCO2)nc1. The van der Waals surface area contributed by atoms with Crippen LogP contribution in [0.25, 0.3) is 0 Å². The Balaban J connectivity index is 1.80. The van der Waals surface area contributed by atoms with Crippen molar-refractivity contribution in [1.29, 1.82) is 0 Å². The van der Waals surface area contributed by atoms with Crippen LogP contribution >= 0.6 is 11.8 Å². The normalized spacial score (nSPS) is 20.2. The zero-order valence-corrected chi connectivity index (χ0v) is 10.1. The average molecular weight is 239 g/mol. The van der Waals surface area contributed by atoms with E-state index in [1.165, 1.54) is 6.42 Å². The van der Waals surface area contributed by atoms with E-state index in [-0.39, 0.29) is 0 Å². The van der Waals surface area contributed by atoms with E-state index >= 15 is 0 Å². The molecule has 2 rings (SSSR count). The van der Waals surface area contributed by atoms with Crippen molar-refractivity contribution in [2.75, 3.05) is 18.9 Å². The van der Waals surface area contributed by atoms with Crippen LogP contribution in [0.15, 0.2) is 17.6 Å². The highest BCUT2D eigenvalue weighted by Crippen LogP contribution is 2.20. The minimum Gasteiger partial charge on any atom is -0.377 e. The predicted molar refractivity (Wildman–Crippen MR) is 64.5 cm³/mol. The molecule has 1 aliphatic rings. The average Bonchev–Trinajstić information content (AvgIpc) is 2.82. The summed E-state index contributed by atoms with van der Waals surface area (Å²) >= 11 is 1.67. The molecule has 1 atom stereocenters. The van der Waals surface area contributed by atoms with Crippen LogP contribution in [0, 0.1) is 0 Å². The van der Waals surface area contributed by atoms with E-state index < -0.39 is 0 Å². The molecule has 1 aromatic heterocycles. The van der Waals surface area contributed by atoms with Crippen molar-refractivity contribution >= 4 is 11.8 Å². The molecule has 88 valence electrons. The number of nitrogens with zero attached hydrogens (tertiary/aromatic N) is 2. The number of hydrogen-bond donors (Lipinski definition) is 1. The zero-order valence-electron chi connectivity index (χ0n) is 9.26. The van der Waals surface area contributed by atoms with Crippen molar-refractivity contribution in [3.05, 3.63) is 18.0 Å². The molecule has 4 nitrogen and oxygen atoms in total. The highest BCUT2D eigenvalue weighted by molar-refractivity contribution is 7.99. The fourth-order valence-corrected chi connectivity index (χ4v) is 2.51. The summed E-state index contributed by atoms with van der Waals surface area (Å²) in [5.41, 5.74) is 6.56. The fourth-order valence-electron chi connectivity index (χ4n) is 1.66. The Bertz CT molecular complexity index is 312. The minimum atomic E-state index is 0.386. The molecule has 1 fully saturated rings. The van der Waals surface area contributed by atoms with Gasteiger partial charge in [0.1, 0.15) is 0 Å². The summed E-state index contributed by atoms with van der Waals surface area (Å²) in [7, 11) is 0. The van der Waals surface area contributed by atoms with E-state index in [0.29, 0.717) is 12.6 Å². The molecule has 0 aliphatic carbocycles. The van der Waals surface area contributed by atoms with Gasteiger partial charge in [-0.2, -0.15) is 0 Å². The van der Waals surface area contributed by atoms with Crippen LogP contribution in [-0.2, 0) is 11.2 Å². The van der Waals surface area contributed by atoms with Gasteiger partial charge < -0.3 is 10.5 Å². The van der Waals surface area contributed by atoms with Gasteiger partial charge in [0.2, 0.25) is 0 Å². The molecule has 0 saturated carbocycles. The van der Waals surface area contributed by atoms with E-state index in [2.05, 4.69) is 9.97 Å². The Kier molecular flexibility index (Phi) is 4.56. The third-order valence-electron chi connectivity index (χ3n) is 2.54. The Hall–Kier alpha value is -0.650. The first-order valence-electron chi connectivity index (χ1n) is 5.64. The van der Waals surface area contributed by atoms with Gasteiger partial charge in [0.05, 0.1) is 6.10 Å². The second kappa shape index (κ2) is 6.18. The molecule has 0 spiro atoms. The third-order valence-corrected chi connectivity index (χ3v) is 3.54. The Morgan fingerprint density at radius 3 is 2.88 bits per heavy atom. The van der Waals surface area contributed by atoms with E-state index in [1.807, 2.05) is 12.4 Å². The van der Waals surface area contributed by atoms with Crippen molar-refractivity contribution in [3.8, 4) is 0 Å². The Morgan fingerprint density at radius 2 is 2.25 bits per heavy atom. The number of ether oxygens (including phenoxy) is 1. The molecule has 2 N–H and O–H groups in total. The molecular formula is C11H17N3OS. The summed E-state index contributed by atoms with van der Waals surface area (Å²) in [5, 5.41) is 0.830. The zero-order chi connectivity index (χ0) is 11.2. The number of nitrogens with two attached hydrogens (primary N) is 1. The van der Waals surface area contributed by atoms with E-state index in [1.54, 1.807) is 11.8 Å². The quantitative estimate of drug-likeness (QED) is 0.619. The summed E-state index contributed by atoms with van der Waals surface area (Å²) < 4.78 is 5.54. The topological polar surface area (TPSA) is 61.0 Å². The van der Waals surface area contributed by atoms with Crippen molar-refractivity contribution in [3.63, 3.8) is 0 Å². The lowest BCUT2D eigenvalue weighted by molar-refractivity contribution is 0.129. The molecule has 16 heavy (non-hydrogen) atoms. The fraction of sp³-hybridized carbons (Fsp3) is 0.636. The Labute approximate surface area is 100.0 Å². The second-order valence-corrected chi connectivity index (χ2v) is 4.85. The van der Waals surface area contributed by atoms with E-state index in [0.717, 1.165) is 35.9 Å². The van der Waals surface area contributed by atoms with E-state index in [4.69, 9.17) is 10.5 Å². The lowest BCUT2D eigenvalue weighted by Gasteiger charge is -2.07. The molecule has 1 unspecified atom stereocenters. The van der Waals surface area contributed by atoms with Crippen LogP contribution in [0.1, 0.15) is 18.4 Å². The molecule has 0 aromatic carbocycles. The summed E-state index contributed by atoms with van der Waals surface area (Å²) in [6, 6.07) is 0. The van der Waals surface area contributed by atoms with Crippen LogP contribution in [0.3, 0.4) is 0 Å². The van der Waals surface area contributed by atoms with Gasteiger partial charge in [0.15, 0.2) is 5.16 Å². The molecule has 0 amide bonds. The minimum absolute atomic E-state index is 0.386. The lowest BCUT2D eigenvalue weighted by atomic mass is 10.2. The molecular weight excluding hydrogens is 222 g/mol. The van der Waals surface area contributed by atoms with Crippen molar-refractivity contribution in [2.45, 2.75) is 30.5 Å². The number of thioether (sulfide) groups is 1. The highest BCUT2D eigenvalue weighted by Gasteiger charge is 2.15.